The Morgan fingerprint density at radius 2 is 2.03 bits per heavy atom. The van der Waals surface area contributed by atoms with Crippen molar-refractivity contribution in [3.63, 3.8) is 0 Å². The van der Waals surface area contributed by atoms with Gasteiger partial charge in [-0.15, -0.1) is 23.1 Å². The van der Waals surface area contributed by atoms with E-state index in [2.05, 4.69) is 15.6 Å². The summed E-state index contributed by atoms with van der Waals surface area (Å²) in [6, 6.07) is 15.0. The topological polar surface area (TPSA) is 71.1 Å². The van der Waals surface area contributed by atoms with Gasteiger partial charge in [0.1, 0.15) is 0 Å². The van der Waals surface area contributed by atoms with Gasteiger partial charge in [0.2, 0.25) is 11.8 Å². The quantitative estimate of drug-likeness (QED) is 0.561. The lowest BCUT2D eigenvalue weighted by atomic mass is 10.1. The molecule has 3 aromatic rings. The fourth-order valence-corrected chi connectivity index (χ4v) is 5.31. The van der Waals surface area contributed by atoms with Crippen LogP contribution >= 0.6 is 34.7 Å². The Morgan fingerprint density at radius 1 is 1.24 bits per heavy atom. The summed E-state index contributed by atoms with van der Waals surface area (Å²) in [6.07, 6.45) is 0. The highest BCUT2D eigenvalue weighted by atomic mass is 35.5. The number of hydrogen-bond donors (Lipinski definition) is 2. The normalized spacial score (nSPS) is 16.7. The molecular weight excluding hydrogens is 426 g/mol. The standard InChI is InChI=1S/C21H18ClN3O2S2/c1-11(18-20(27)23-15-8-3-4-9-16(15)29-18)19(26)25-21-24-17(12(2)28-21)13-6-5-7-14(22)10-13/h3-11,18H,1-2H3,(H,23,27)(H,24,25,26). The molecule has 2 amide bonds. The zero-order chi connectivity index (χ0) is 20.5. The Bertz CT molecular complexity index is 1100. The van der Waals surface area contributed by atoms with Crippen LogP contribution in [0.3, 0.4) is 0 Å². The number of aromatic nitrogens is 1. The number of nitrogens with one attached hydrogen (secondary N) is 2. The lowest BCUT2D eigenvalue weighted by Gasteiger charge is -2.27. The molecule has 2 aromatic carbocycles. The van der Waals surface area contributed by atoms with E-state index in [-0.39, 0.29) is 11.8 Å². The highest BCUT2D eigenvalue weighted by molar-refractivity contribution is 8.01. The van der Waals surface area contributed by atoms with Crippen molar-refractivity contribution in [2.24, 2.45) is 5.92 Å². The summed E-state index contributed by atoms with van der Waals surface area (Å²) in [5, 5.41) is 6.40. The number of thioether (sulfide) groups is 1. The molecule has 0 fully saturated rings. The van der Waals surface area contributed by atoms with Gasteiger partial charge in [0.25, 0.3) is 0 Å². The summed E-state index contributed by atoms with van der Waals surface area (Å²) in [5.41, 5.74) is 2.48. The molecule has 148 valence electrons. The van der Waals surface area contributed by atoms with E-state index < -0.39 is 11.2 Å². The second-order valence-corrected chi connectivity index (χ2v) is 9.56. The summed E-state index contributed by atoms with van der Waals surface area (Å²) in [4.78, 5) is 31.8. The molecule has 1 aliphatic rings. The monoisotopic (exact) mass is 443 g/mol. The van der Waals surface area contributed by atoms with Gasteiger partial charge >= 0.3 is 0 Å². The minimum atomic E-state index is -0.521. The van der Waals surface area contributed by atoms with E-state index in [4.69, 9.17) is 11.6 Å². The zero-order valence-electron chi connectivity index (χ0n) is 15.7. The Balaban J connectivity index is 1.50. The molecule has 4 rings (SSSR count). The van der Waals surface area contributed by atoms with E-state index >= 15 is 0 Å². The number of anilines is 2. The molecule has 5 nitrogen and oxygen atoms in total. The van der Waals surface area contributed by atoms with Crippen molar-refractivity contribution in [3.8, 4) is 11.3 Å². The first-order valence-electron chi connectivity index (χ1n) is 9.03. The number of halogens is 1. The zero-order valence-corrected chi connectivity index (χ0v) is 18.1. The average Bonchev–Trinajstić information content (AvgIpc) is 3.07. The van der Waals surface area contributed by atoms with Crippen molar-refractivity contribution >= 4 is 57.3 Å². The van der Waals surface area contributed by atoms with Crippen LogP contribution in [-0.4, -0.2) is 22.0 Å². The Morgan fingerprint density at radius 3 is 2.83 bits per heavy atom. The first-order valence-corrected chi connectivity index (χ1v) is 11.1. The minimum absolute atomic E-state index is 0.161. The van der Waals surface area contributed by atoms with Crippen LogP contribution in [0.5, 0.6) is 0 Å². The molecule has 1 aromatic heterocycles. The number of benzene rings is 2. The van der Waals surface area contributed by atoms with Crippen LogP contribution in [0.2, 0.25) is 5.02 Å². The van der Waals surface area contributed by atoms with E-state index in [1.165, 1.54) is 23.1 Å². The molecule has 0 saturated carbocycles. The van der Waals surface area contributed by atoms with E-state index in [0.29, 0.717) is 10.2 Å². The van der Waals surface area contributed by atoms with Gasteiger partial charge in [-0.3, -0.25) is 9.59 Å². The maximum atomic E-state index is 12.8. The lowest BCUT2D eigenvalue weighted by molar-refractivity contribution is -0.123. The lowest BCUT2D eigenvalue weighted by Crippen LogP contribution is -2.39. The van der Waals surface area contributed by atoms with E-state index in [0.717, 1.165) is 26.7 Å². The maximum absolute atomic E-state index is 12.8. The van der Waals surface area contributed by atoms with Gasteiger partial charge in [0, 0.05) is 20.4 Å². The van der Waals surface area contributed by atoms with Crippen molar-refractivity contribution in [1.29, 1.82) is 0 Å². The number of para-hydroxylation sites is 1. The van der Waals surface area contributed by atoms with Gasteiger partial charge in [-0.25, -0.2) is 4.98 Å². The Labute approximate surface area is 181 Å². The van der Waals surface area contributed by atoms with Crippen molar-refractivity contribution in [1.82, 2.24) is 4.98 Å². The van der Waals surface area contributed by atoms with Crippen molar-refractivity contribution < 1.29 is 9.59 Å². The van der Waals surface area contributed by atoms with Gasteiger partial charge in [-0.05, 0) is 31.2 Å². The molecule has 2 atom stereocenters. The molecule has 2 unspecified atom stereocenters. The highest BCUT2D eigenvalue weighted by Crippen LogP contribution is 2.39. The number of hydrogen-bond acceptors (Lipinski definition) is 5. The van der Waals surface area contributed by atoms with E-state index in [1.807, 2.05) is 55.5 Å². The SMILES string of the molecule is Cc1sc(NC(=O)C(C)C2Sc3ccccc3NC2=O)nc1-c1cccc(Cl)c1. The number of rotatable bonds is 4. The summed E-state index contributed by atoms with van der Waals surface area (Å²) in [5.74, 6) is -0.915. The number of carbonyl (C=O) groups is 2. The highest BCUT2D eigenvalue weighted by Gasteiger charge is 2.35. The number of amides is 2. The smallest absolute Gasteiger partial charge is 0.238 e. The summed E-state index contributed by atoms with van der Waals surface area (Å²) < 4.78 is 0. The van der Waals surface area contributed by atoms with Gasteiger partial charge in [-0.1, -0.05) is 42.8 Å². The second-order valence-electron chi connectivity index (χ2n) is 6.74. The minimum Gasteiger partial charge on any atom is -0.324 e. The predicted octanol–water partition coefficient (Wildman–Crippen LogP) is 5.46. The number of carbonyl (C=O) groups excluding carboxylic acids is 2. The van der Waals surface area contributed by atoms with Gasteiger partial charge in [-0.2, -0.15) is 0 Å². The molecule has 2 N–H and O–H groups in total. The molecule has 0 bridgehead atoms. The van der Waals surface area contributed by atoms with Gasteiger partial charge in [0.05, 0.1) is 22.5 Å². The van der Waals surface area contributed by atoms with E-state index in [9.17, 15) is 9.59 Å². The molecule has 29 heavy (non-hydrogen) atoms. The van der Waals surface area contributed by atoms with Crippen molar-refractivity contribution in [2.75, 3.05) is 10.6 Å². The summed E-state index contributed by atoms with van der Waals surface area (Å²) >= 11 is 8.90. The van der Waals surface area contributed by atoms with Gasteiger partial charge in [0.15, 0.2) is 5.13 Å². The maximum Gasteiger partial charge on any atom is 0.238 e. The number of aryl methyl sites for hydroxylation is 1. The Kier molecular flexibility index (Phi) is 5.63. The first-order chi connectivity index (χ1) is 13.9. The molecule has 0 saturated heterocycles. The van der Waals surface area contributed by atoms with Crippen LogP contribution in [-0.2, 0) is 9.59 Å². The van der Waals surface area contributed by atoms with Crippen LogP contribution in [0.25, 0.3) is 11.3 Å². The Hall–Kier alpha value is -2.35. The van der Waals surface area contributed by atoms with Crippen LogP contribution in [0.15, 0.2) is 53.4 Å². The molecule has 1 aliphatic heterocycles. The predicted molar refractivity (Wildman–Crippen MR) is 120 cm³/mol. The third-order valence-electron chi connectivity index (χ3n) is 4.65. The van der Waals surface area contributed by atoms with Crippen LogP contribution in [0, 0.1) is 12.8 Å². The molecule has 0 radical (unpaired) electrons. The van der Waals surface area contributed by atoms with E-state index in [1.54, 1.807) is 6.92 Å². The second kappa shape index (κ2) is 8.18. The number of fused-ring (bicyclic) bond motifs is 1. The van der Waals surface area contributed by atoms with Crippen molar-refractivity contribution in [2.45, 2.75) is 24.0 Å². The number of nitrogens with zero attached hydrogens (tertiary/aromatic N) is 1. The first kappa shape index (κ1) is 19.9. The fourth-order valence-electron chi connectivity index (χ4n) is 3.11. The third kappa shape index (κ3) is 4.17. The van der Waals surface area contributed by atoms with Crippen molar-refractivity contribution in [3.05, 3.63) is 58.4 Å². The molecule has 0 spiro atoms. The largest absolute Gasteiger partial charge is 0.324 e. The molecule has 2 heterocycles. The average molecular weight is 444 g/mol. The third-order valence-corrected chi connectivity index (χ3v) is 7.26. The molecule has 0 aliphatic carbocycles. The van der Waals surface area contributed by atoms with Gasteiger partial charge < -0.3 is 10.6 Å². The fraction of sp³-hybridized carbons (Fsp3) is 0.190. The number of thiazole rings is 1. The van der Waals surface area contributed by atoms with Crippen LogP contribution in [0.4, 0.5) is 10.8 Å². The van der Waals surface area contributed by atoms with Crippen LogP contribution < -0.4 is 10.6 Å². The van der Waals surface area contributed by atoms with Crippen LogP contribution in [0.1, 0.15) is 11.8 Å². The summed E-state index contributed by atoms with van der Waals surface area (Å²) in [6.45, 7) is 3.72. The molecular formula is C21H18ClN3O2S2. The molecule has 8 heteroatoms. The summed E-state index contributed by atoms with van der Waals surface area (Å²) in [7, 11) is 0.